The molecule has 0 saturated carbocycles. The lowest BCUT2D eigenvalue weighted by Crippen LogP contribution is -2.43. The summed E-state index contributed by atoms with van der Waals surface area (Å²) in [7, 11) is -0.404. The van der Waals surface area contributed by atoms with Gasteiger partial charge < -0.3 is 10.1 Å². The second kappa shape index (κ2) is 6.83. The van der Waals surface area contributed by atoms with Gasteiger partial charge in [0, 0.05) is 26.7 Å². The second-order valence-electron chi connectivity index (χ2n) is 5.15. The van der Waals surface area contributed by atoms with E-state index in [-0.39, 0.29) is 11.0 Å². The summed E-state index contributed by atoms with van der Waals surface area (Å²) < 4.78 is 45.7. The molecular weight excluding hydrogens is 295 g/mol. The Bertz CT molecular complexity index is 592. The lowest BCUT2D eigenvalue weighted by atomic mass is 10.1. The SMILES string of the molecule is CNCc1ccc(F)cc1S(=O)(=O)N1CCCC(OC)C1. The van der Waals surface area contributed by atoms with E-state index in [4.69, 9.17) is 4.74 Å². The number of rotatable bonds is 5. The van der Waals surface area contributed by atoms with Gasteiger partial charge in [-0.2, -0.15) is 4.31 Å². The fourth-order valence-electron chi connectivity index (χ4n) is 2.56. The highest BCUT2D eigenvalue weighted by Crippen LogP contribution is 2.25. The first-order valence-electron chi connectivity index (χ1n) is 6.95. The minimum absolute atomic E-state index is 0.0357. The summed E-state index contributed by atoms with van der Waals surface area (Å²) in [6.07, 6.45) is 1.48. The second-order valence-corrected chi connectivity index (χ2v) is 7.05. The molecule has 0 amide bonds. The van der Waals surface area contributed by atoms with Gasteiger partial charge in [-0.3, -0.25) is 0 Å². The molecule has 1 heterocycles. The van der Waals surface area contributed by atoms with Gasteiger partial charge in [0.1, 0.15) is 5.82 Å². The van der Waals surface area contributed by atoms with Crippen LogP contribution in [0.4, 0.5) is 4.39 Å². The highest BCUT2D eigenvalue weighted by Gasteiger charge is 2.31. The van der Waals surface area contributed by atoms with Crippen LogP contribution in [-0.2, 0) is 21.3 Å². The molecule has 1 unspecified atom stereocenters. The predicted molar refractivity (Wildman–Crippen MR) is 78.0 cm³/mol. The first-order valence-corrected chi connectivity index (χ1v) is 8.39. The van der Waals surface area contributed by atoms with E-state index in [1.807, 2.05) is 0 Å². The number of methoxy groups -OCH3 is 1. The molecule has 1 aromatic carbocycles. The maximum Gasteiger partial charge on any atom is 0.243 e. The van der Waals surface area contributed by atoms with E-state index in [0.717, 1.165) is 18.9 Å². The molecule has 2 rings (SSSR count). The molecule has 7 heteroatoms. The van der Waals surface area contributed by atoms with Gasteiger partial charge in [0.2, 0.25) is 10.0 Å². The summed E-state index contributed by atoms with van der Waals surface area (Å²) in [6, 6.07) is 3.88. The van der Waals surface area contributed by atoms with Crippen molar-refractivity contribution in [2.75, 3.05) is 27.2 Å². The van der Waals surface area contributed by atoms with Crippen LogP contribution in [0.1, 0.15) is 18.4 Å². The first-order chi connectivity index (χ1) is 9.98. The molecule has 1 aliphatic heterocycles. The molecule has 1 aliphatic rings. The maximum absolute atomic E-state index is 13.5. The van der Waals surface area contributed by atoms with Crippen molar-refractivity contribution in [1.82, 2.24) is 9.62 Å². The van der Waals surface area contributed by atoms with Crippen LogP contribution in [0.25, 0.3) is 0 Å². The molecule has 1 fully saturated rings. The van der Waals surface area contributed by atoms with Crippen LogP contribution in [0.3, 0.4) is 0 Å². The van der Waals surface area contributed by atoms with Gasteiger partial charge in [-0.1, -0.05) is 6.07 Å². The van der Waals surface area contributed by atoms with Gasteiger partial charge in [0.15, 0.2) is 0 Å². The fourth-order valence-corrected chi connectivity index (χ4v) is 4.30. The lowest BCUT2D eigenvalue weighted by Gasteiger charge is -2.31. The number of halogens is 1. The van der Waals surface area contributed by atoms with Crippen LogP contribution in [0, 0.1) is 5.82 Å². The van der Waals surface area contributed by atoms with Crippen LogP contribution in [0.5, 0.6) is 0 Å². The van der Waals surface area contributed by atoms with E-state index in [0.29, 0.717) is 25.2 Å². The third-order valence-electron chi connectivity index (χ3n) is 3.69. The molecule has 0 aliphatic carbocycles. The van der Waals surface area contributed by atoms with Crippen molar-refractivity contribution in [3.8, 4) is 0 Å². The van der Waals surface area contributed by atoms with Gasteiger partial charge in [-0.05, 0) is 37.6 Å². The summed E-state index contributed by atoms with van der Waals surface area (Å²) in [5.41, 5.74) is 0.568. The van der Waals surface area contributed by atoms with Crippen molar-refractivity contribution in [2.24, 2.45) is 0 Å². The zero-order valence-corrected chi connectivity index (χ0v) is 13.1. The molecule has 118 valence electrons. The molecule has 0 bridgehead atoms. The Labute approximate surface area is 125 Å². The van der Waals surface area contributed by atoms with Crippen molar-refractivity contribution in [2.45, 2.75) is 30.4 Å². The monoisotopic (exact) mass is 316 g/mol. The number of benzene rings is 1. The number of ether oxygens (including phenoxy) is 1. The van der Waals surface area contributed by atoms with E-state index in [2.05, 4.69) is 5.32 Å². The maximum atomic E-state index is 13.5. The van der Waals surface area contributed by atoms with Crippen LogP contribution in [-0.4, -0.2) is 46.1 Å². The van der Waals surface area contributed by atoms with E-state index in [1.54, 1.807) is 14.2 Å². The standard InChI is InChI=1S/C14H21FN2O3S/c1-16-9-11-5-6-12(15)8-14(11)21(18,19)17-7-3-4-13(10-17)20-2/h5-6,8,13,16H,3-4,7,9-10H2,1-2H3. The Morgan fingerprint density at radius 1 is 1.48 bits per heavy atom. The number of hydrogen-bond donors (Lipinski definition) is 1. The van der Waals surface area contributed by atoms with Gasteiger partial charge in [0.05, 0.1) is 11.0 Å². The van der Waals surface area contributed by atoms with Crippen molar-refractivity contribution in [3.63, 3.8) is 0 Å². The highest BCUT2D eigenvalue weighted by atomic mass is 32.2. The molecule has 5 nitrogen and oxygen atoms in total. The minimum atomic E-state index is -3.71. The molecule has 1 aromatic rings. The van der Waals surface area contributed by atoms with E-state index in [1.165, 1.54) is 16.4 Å². The van der Waals surface area contributed by atoms with Crippen LogP contribution in [0.2, 0.25) is 0 Å². The highest BCUT2D eigenvalue weighted by molar-refractivity contribution is 7.89. The van der Waals surface area contributed by atoms with E-state index < -0.39 is 15.8 Å². The van der Waals surface area contributed by atoms with Gasteiger partial charge in [0.25, 0.3) is 0 Å². The van der Waals surface area contributed by atoms with Crippen LogP contribution >= 0.6 is 0 Å². The van der Waals surface area contributed by atoms with Crippen molar-refractivity contribution in [1.29, 1.82) is 0 Å². The third-order valence-corrected chi connectivity index (χ3v) is 5.64. The van der Waals surface area contributed by atoms with Gasteiger partial charge in [-0.15, -0.1) is 0 Å². The predicted octanol–water partition coefficient (Wildman–Crippen LogP) is 1.34. The number of nitrogens with zero attached hydrogens (tertiary/aromatic N) is 1. The average molecular weight is 316 g/mol. The van der Waals surface area contributed by atoms with Gasteiger partial charge >= 0.3 is 0 Å². The summed E-state index contributed by atoms with van der Waals surface area (Å²) in [6.45, 7) is 1.13. The molecule has 1 saturated heterocycles. The zero-order valence-electron chi connectivity index (χ0n) is 12.3. The molecule has 1 N–H and O–H groups in total. The zero-order chi connectivity index (χ0) is 15.5. The van der Waals surface area contributed by atoms with Crippen molar-refractivity contribution >= 4 is 10.0 Å². The van der Waals surface area contributed by atoms with Gasteiger partial charge in [-0.25, -0.2) is 12.8 Å². The van der Waals surface area contributed by atoms with Crippen LogP contribution in [0.15, 0.2) is 23.1 Å². The molecule has 21 heavy (non-hydrogen) atoms. The van der Waals surface area contributed by atoms with Crippen LogP contribution < -0.4 is 5.32 Å². The normalized spacial score (nSPS) is 20.6. The summed E-state index contributed by atoms with van der Waals surface area (Å²) >= 11 is 0. The Morgan fingerprint density at radius 3 is 2.90 bits per heavy atom. The third kappa shape index (κ3) is 3.60. The Hall–Kier alpha value is -1.02. The number of hydrogen-bond acceptors (Lipinski definition) is 4. The number of piperidine rings is 1. The molecule has 0 radical (unpaired) electrons. The molecule has 0 spiro atoms. The largest absolute Gasteiger partial charge is 0.380 e. The fraction of sp³-hybridized carbons (Fsp3) is 0.571. The van der Waals surface area contributed by atoms with E-state index in [9.17, 15) is 12.8 Å². The quantitative estimate of drug-likeness (QED) is 0.891. The number of nitrogens with one attached hydrogen (secondary N) is 1. The number of sulfonamides is 1. The summed E-state index contributed by atoms with van der Waals surface area (Å²) in [4.78, 5) is 0.0357. The topological polar surface area (TPSA) is 58.6 Å². The van der Waals surface area contributed by atoms with Crippen molar-refractivity contribution < 1.29 is 17.5 Å². The average Bonchev–Trinajstić information content (AvgIpc) is 2.49. The minimum Gasteiger partial charge on any atom is -0.380 e. The van der Waals surface area contributed by atoms with E-state index >= 15 is 0 Å². The summed E-state index contributed by atoms with van der Waals surface area (Å²) in [5.74, 6) is -0.547. The smallest absolute Gasteiger partial charge is 0.243 e. The Morgan fingerprint density at radius 2 is 2.24 bits per heavy atom. The Balaban J connectivity index is 2.36. The first kappa shape index (κ1) is 16.4. The lowest BCUT2D eigenvalue weighted by molar-refractivity contribution is 0.0571. The molecule has 1 atom stereocenters. The molecule has 0 aromatic heterocycles. The summed E-state index contributed by atoms with van der Waals surface area (Å²) in [5, 5.41) is 2.91. The Kier molecular flexibility index (Phi) is 5.32. The van der Waals surface area contributed by atoms with Crippen molar-refractivity contribution in [3.05, 3.63) is 29.6 Å². The molecular formula is C14H21FN2O3S.